The minimum absolute atomic E-state index is 0.0438. The van der Waals surface area contributed by atoms with E-state index in [1.165, 1.54) is 16.7 Å². The molecule has 0 aromatic heterocycles. The molecule has 0 saturated carbocycles. The van der Waals surface area contributed by atoms with Crippen LogP contribution in [0.1, 0.15) is 45.5 Å². The second-order valence-corrected chi connectivity index (χ2v) is 5.56. The first kappa shape index (κ1) is 16.0. The van der Waals surface area contributed by atoms with Crippen molar-refractivity contribution >= 4 is 11.8 Å². The molecule has 0 spiro atoms. The quantitative estimate of drug-likeness (QED) is 0.821. The van der Waals surface area contributed by atoms with Crippen LogP contribution in [0, 0.1) is 13.8 Å². The predicted molar refractivity (Wildman–Crippen MR) is 86.4 cm³/mol. The largest absolute Gasteiger partial charge is 0.481 e. The van der Waals surface area contributed by atoms with Gasteiger partial charge in [0.05, 0.1) is 6.42 Å². The molecular formula is C19H20O3. The molecule has 3 nitrogen and oxygen atoms in total. The van der Waals surface area contributed by atoms with E-state index in [1.54, 1.807) is 6.07 Å². The number of Topliss-reactive ketones (excluding diaryl/α,β-unsaturated/α-hetero) is 1. The standard InChI is InChI=1S/C19H20O3/c1-13-5-3-6-14(2)17(13)12-15-7-4-8-16(11-15)18(20)9-10-19(21)22/h3-8,11H,9-10,12H2,1-2H3,(H,21,22). The monoisotopic (exact) mass is 296 g/mol. The SMILES string of the molecule is Cc1cccc(C)c1Cc1cccc(C(=O)CCC(=O)O)c1. The third-order valence-corrected chi connectivity index (χ3v) is 3.84. The Balaban J connectivity index is 2.18. The number of aryl methyl sites for hydroxylation is 2. The summed E-state index contributed by atoms with van der Waals surface area (Å²) in [5.74, 6) is -1.06. The third kappa shape index (κ3) is 4.04. The van der Waals surface area contributed by atoms with Crippen molar-refractivity contribution in [1.29, 1.82) is 0 Å². The number of carbonyl (C=O) groups is 2. The van der Waals surface area contributed by atoms with E-state index in [-0.39, 0.29) is 18.6 Å². The van der Waals surface area contributed by atoms with Crippen molar-refractivity contribution in [2.75, 3.05) is 0 Å². The molecule has 0 atom stereocenters. The van der Waals surface area contributed by atoms with Gasteiger partial charge in [0.1, 0.15) is 0 Å². The molecule has 2 aromatic rings. The van der Waals surface area contributed by atoms with Crippen LogP contribution < -0.4 is 0 Å². The van der Waals surface area contributed by atoms with Gasteiger partial charge in [-0.2, -0.15) is 0 Å². The first-order valence-corrected chi connectivity index (χ1v) is 7.36. The van der Waals surface area contributed by atoms with Crippen LogP contribution in [-0.2, 0) is 11.2 Å². The van der Waals surface area contributed by atoms with E-state index < -0.39 is 5.97 Å². The molecule has 0 bridgehead atoms. The number of carboxylic acids is 1. The van der Waals surface area contributed by atoms with Crippen molar-refractivity contribution in [3.05, 3.63) is 70.3 Å². The maximum absolute atomic E-state index is 12.0. The summed E-state index contributed by atoms with van der Waals surface area (Å²) in [5.41, 5.74) is 5.41. The molecule has 0 aliphatic rings. The molecule has 1 N–H and O–H groups in total. The zero-order chi connectivity index (χ0) is 16.1. The molecule has 2 aromatic carbocycles. The van der Waals surface area contributed by atoms with Gasteiger partial charge < -0.3 is 5.11 Å². The average molecular weight is 296 g/mol. The van der Waals surface area contributed by atoms with Crippen molar-refractivity contribution < 1.29 is 14.7 Å². The fourth-order valence-electron chi connectivity index (χ4n) is 2.55. The first-order chi connectivity index (χ1) is 10.5. The fraction of sp³-hybridized carbons (Fsp3) is 0.263. The van der Waals surface area contributed by atoms with Crippen LogP contribution >= 0.6 is 0 Å². The van der Waals surface area contributed by atoms with E-state index in [0.717, 1.165) is 12.0 Å². The smallest absolute Gasteiger partial charge is 0.303 e. The summed E-state index contributed by atoms with van der Waals surface area (Å²) in [6, 6.07) is 13.7. The number of carboxylic acid groups (broad SMARTS) is 1. The van der Waals surface area contributed by atoms with Crippen molar-refractivity contribution in [3.8, 4) is 0 Å². The van der Waals surface area contributed by atoms with Gasteiger partial charge in [0.25, 0.3) is 0 Å². The van der Waals surface area contributed by atoms with Gasteiger partial charge in [0.2, 0.25) is 0 Å². The Morgan fingerprint density at radius 2 is 1.59 bits per heavy atom. The number of hydrogen-bond acceptors (Lipinski definition) is 2. The lowest BCUT2D eigenvalue weighted by molar-refractivity contribution is -0.136. The molecule has 0 aliphatic carbocycles. The van der Waals surface area contributed by atoms with Gasteiger partial charge in [0, 0.05) is 12.0 Å². The zero-order valence-corrected chi connectivity index (χ0v) is 12.9. The van der Waals surface area contributed by atoms with Crippen LogP contribution in [0.5, 0.6) is 0 Å². The first-order valence-electron chi connectivity index (χ1n) is 7.36. The normalized spacial score (nSPS) is 10.5. The van der Waals surface area contributed by atoms with E-state index in [9.17, 15) is 9.59 Å². The Labute approximate surface area is 130 Å². The van der Waals surface area contributed by atoms with Crippen molar-refractivity contribution in [3.63, 3.8) is 0 Å². The van der Waals surface area contributed by atoms with Gasteiger partial charge in [-0.3, -0.25) is 9.59 Å². The molecule has 0 unspecified atom stereocenters. The van der Waals surface area contributed by atoms with Gasteiger partial charge in [-0.1, -0.05) is 36.4 Å². The van der Waals surface area contributed by atoms with Crippen LogP contribution in [-0.4, -0.2) is 16.9 Å². The Morgan fingerprint density at radius 1 is 0.955 bits per heavy atom. The lowest BCUT2D eigenvalue weighted by Gasteiger charge is -2.10. The predicted octanol–water partition coefficient (Wildman–Crippen LogP) is 3.94. The molecular weight excluding hydrogens is 276 g/mol. The highest BCUT2D eigenvalue weighted by Crippen LogP contribution is 2.19. The molecule has 114 valence electrons. The highest BCUT2D eigenvalue weighted by atomic mass is 16.4. The number of aliphatic carboxylic acids is 1. The highest BCUT2D eigenvalue weighted by Gasteiger charge is 2.10. The Kier molecular flexibility index (Phi) is 5.10. The van der Waals surface area contributed by atoms with Crippen LogP contribution in [0.2, 0.25) is 0 Å². The lowest BCUT2D eigenvalue weighted by Crippen LogP contribution is -2.04. The molecule has 2 rings (SSSR count). The van der Waals surface area contributed by atoms with E-state index in [1.807, 2.05) is 24.3 Å². The van der Waals surface area contributed by atoms with Crippen molar-refractivity contribution in [2.45, 2.75) is 33.1 Å². The molecule has 0 fully saturated rings. The van der Waals surface area contributed by atoms with Crippen LogP contribution in [0.25, 0.3) is 0 Å². The Morgan fingerprint density at radius 3 is 2.23 bits per heavy atom. The molecule has 0 amide bonds. The van der Waals surface area contributed by atoms with E-state index in [0.29, 0.717) is 5.56 Å². The highest BCUT2D eigenvalue weighted by molar-refractivity contribution is 5.97. The van der Waals surface area contributed by atoms with E-state index in [2.05, 4.69) is 26.0 Å². The van der Waals surface area contributed by atoms with Crippen LogP contribution in [0.4, 0.5) is 0 Å². The summed E-state index contributed by atoms with van der Waals surface area (Å²) in [4.78, 5) is 22.6. The van der Waals surface area contributed by atoms with Crippen molar-refractivity contribution in [2.24, 2.45) is 0 Å². The minimum Gasteiger partial charge on any atom is -0.481 e. The van der Waals surface area contributed by atoms with Crippen molar-refractivity contribution in [1.82, 2.24) is 0 Å². The Hall–Kier alpha value is -2.42. The Bertz CT molecular complexity index is 681. The fourth-order valence-corrected chi connectivity index (χ4v) is 2.55. The number of benzene rings is 2. The lowest BCUT2D eigenvalue weighted by atomic mass is 9.94. The topological polar surface area (TPSA) is 54.4 Å². The second-order valence-electron chi connectivity index (χ2n) is 5.56. The van der Waals surface area contributed by atoms with Gasteiger partial charge in [-0.25, -0.2) is 0 Å². The molecule has 3 heteroatoms. The molecule has 0 aliphatic heterocycles. The minimum atomic E-state index is -0.944. The zero-order valence-electron chi connectivity index (χ0n) is 12.9. The third-order valence-electron chi connectivity index (χ3n) is 3.84. The summed E-state index contributed by atoms with van der Waals surface area (Å²) in [7, 11) is 0. The van der Waals surface area contributed by atoms with Gasteiger partial charge in [-0.15, -0.1) is 0 Å². The molecule has 0 radical (unpaired) electrons. The molecule has 0 heterocycles. The number of rotatable bonds is 6. The summed E-state index contributed by atoms with van der Waals surface area (Å²) in [5, 5.41) is 8.67. The maximum Gasteiger partial charge on any atom is 0.303 e. The van der Waals surface area contributed by atoms with Gasteiger partial charge in [0.15, 0.2) is 5.78 Å². The van der Waals surface area contributed by atoms with Gasteiger partial charge >= 0.3 is 5.97 Å². The summed E-state index contributed by atoms with van der Waals surface area (Å²) < 4.78 is 0. The number of carbonyl (C=O) groups excluding carboxylic acids is 1. The van der Waals surface area contributed by atoms with E-state index >= 15 is 0 Å². The summed E-state index contributed by atoms with van der Waals surface area (Å²) in [6.45, 7) is 4.17. The summed E-state index contributed by atoms with van der Waals surface area (Å²) in [6.07, 6.45) is 0.695. The number of hydrogen-bond donors (Lipinski definition) is 1. The number of ketones is 1. The molecule has 0 saturated heterocycles. The van der Waals surface area contributed by atoms with Gasteiger partial charge in [-0.05, 0) is 48.6 Å². The van der Waals surface area contributed by atoms with Crippen LogP contribution in [0.15, 0.2) is 42.5 Å². The van der Waals surface area contributed by atoms with Crippen LogP contribution in [0.3, 0.4) is 0 Å². The second kappa shape index (κ2) is 7.03. The summed E-state index contributed by atoms with van der Waals surface area (Å²) >= 11 is 0. The molecule has 22 heavy (non-hydrogen) atoms. The maximum atomic E-state index is 12.0. The average Bonchev–Trinajstić information content (AvgIpc) is 2.49. The van der Waals surface area contributed by atoms with E-state index in [4.69, 9.17) is 5.11 Å².